The zero-order valence-corrected chi connectivity index (χ0v) is 12.7. The molecule has 1 aliphatic carbocycles. The molecule has 1 aliphatic rings. The molecule has 4 heteroatoms. The number of benzene rings is 1. The second-order valence-electron chi connectivity index (χ2n) is 6.08. The van der Waals surface area contributed by atoms with Gasteiger partial charge in [-0.1, -0.05) is 50.1 Å². The zero-order valence-electron chi connectivity index (χ0n) is 12.7. The Hall–Kier alpha value is -1.39. The quantitative estimate of drug-likeness (QED) is 0.776. The van der Waals surface area contributed by atoms with Crippen molar-refractivity contribution in [3.63, 3.8) is 0 Å². The number of hydrogen-bond donors (Lipinski definition) is 3. The predicted octanol–water partition coefficient (Wildman–Crippen LogP) is 1.99. The molecule has 1 amide bonds. The SMILES string of the molecule is CC(C(=O)NCC1CCCCC1O)C(N)c1ccccc1. The summed E-state index contributed by atoms with van der Waals surface area (Å²) in [4.78, 5) is 12.2. The number of amides is 1. The number of aliphatic hydroxyl groups is 1. The minimum atomic E-state index is -0.303. The lowest BCUT2D eigenvalue weighted by molar-refractivity contribution is -0.125. The Labute approximate surface area is 126 Å². The maximum atomic E-state index is 12.2. The molecule has 1 fully saturated rings. The average Bonchev–Trinajstić information content (AvgIpc) is 2.53. The van der Waals surface area contributed by atoms with Crippen LogP contribution in [0.5, 0.6) is 0 Å². The van der Waals surface area contributed by atoms with Gasteiger partial charge in [-0.25, -0.2) is 0 Å². The van der Waals surface area contributed by atoms with Gasteiger partial charge in [-0.15, -0.1) is 0 Å². The van der Waals surface area contributed by atoms with Crippen LogP contribution in [-0.4, -0.2) is 23.7 Å². The molecule has 0 heterocycles. The van der Waals surface area contributed by atoms with Crippen molar-refractivity contribution in [1.82, 2.24) is 5.32 Å². The smallest absolute Gasteiger partial charge is 0.224 e. The fourth-order valence-electron chi connectivity index (χ4n) is 2.95. The van der Waals surface area contributed by atoms with Gasteiger partial charge < -0.3 is 16.2 Å². The number of rotatable bonds is 5. The summed E-state index contributed by atoms with van der Waals surface area (Å²) >= 11 is 0. The molecule has 0 saturated heterocycles. The lowest BCUT2D eigenvalue weighted by Crippen LogP contribution is -2.41. The predicted molar refractivity (Wildman–Crippen MR) is 83.5 cm³/mol. The van der Waals surface area contributed by atoms with Crippen LogP contribution in [0.3, 0.4) is 0 Å². The second kappa shape index (κ2) is 7.57. The van der Waals surface area contributed by atoms with E-state index < -0.39 is 0 Å². The highest BCUT2D eigenvalue weighted by Crippen LogP contribution is 2.24. The van der Waals surface area contributed by atoms with Crippen molar-refractivity contribution in [3.05, 3.63) is 35.9 Å². The van der Waals surface area contributed by atoms with E-state index in [9.17, 15) is 9.90 Å². The molecule has 0 aromatic heterocycles. The number of carbonyl (C=O) groups excluding carboxylic acids is 1. The number of hydrogen-bond acceptors (Lipinski definition) is 3. The van der Waals surface area contributed by atoms with Gasteiger partial charge in [-0.2, -0.15) is 0 Å². The van der Waals surface area contributed by atoms with Gasteiger partial charge in [-0.3, -0.25) is 4.79 Å². The minimum absolute atomic E-state index is 0.0378. The Morgan fingerprint density at radius 1 is 1.33 bits per heavy atom. The summed E-state index contributed by atoms with van der Waals surface area (Å²) in [5.41, 5.74) is 7.14. The fraction of sp³-hybridized carbons (Fsp3) is 0.588. The number of aliphatic hydroxyl groups excluding tert-OH is 1. The first kappa shape index (κ1) is 16.0. The van der Waals surface area contributed by atoms with Crippen LogP contribution < -0.4 is 11.1 Å². The van der Waals surface area contributed by atoms with Crippen LogP contribution in [0.4, 0.5) is 0 Å². The Morgan fingerprint density at radius 3 is 2.67 bits per heavy atom. The number of carbonyl (C=O) groups is 1. The third kappa shape index (κ3) is 4.29. The monoisotopic (exact) mass is 290 g/mol. The molecule has 1 saturated carbocycles. The molecular formula is C17H26N2O2. The van der Waals surface area contributed by atoms with E-state index in [4.69, 9.17) is 5.73 Å². The van der Waals surface area contributed by atoms with Gasteiger partial charge in [-0.05, 0) is 18.4 Å². The molecule has 4 unspecified atom stereocenters. The average molecular weight is 290 g/mol. The van der Waals surface area contributed by atoms with Gasteiger partial charge in [0.25, 0.3) is 0 Å². The van der Waals surface area contributed by atoms with E-state index in [1.165, 1.54) is 0 Å². The Balaban J connectivity index is 1.85. The van der Waals surface area contributed by atoms with E-state index in [1.54, 1.807) is 0 Å². The first-order chi connectivity index (χ1) is 10.1. The normalized spacial score (nSPS) is 25.1. The molecule has 0 bridgehead atoms. The van der Waals surface area contributed by atoms with Crippen LogP contribution in [0.15, 0.2) is 30.3 Å². The molecular weight excluding hydrogens is 264 g/mol. The molecule has 2 rings (SSSR count). The first-order valence-corrected chi connectivity index (χ1v) is 7.86. The molecule has 4 nitrogen and oxygen atoms in total. The van der Waals surface area contributed by atoms with Crippen molar-refractivity contribution in [2.75, 3.05) is 6.54 Å². The van der Waals surface area contributed by atoms with Gasteiger partial charge in [0.15, 0.2) is 0 Å². The van der Waals surface area contributed by atoms with E-state index in [0.717, 1.165) is 31.2 Å². The Kier molecular flexibility index (Phi) is 5.76. The summed E-state index contributed by atoms with van der Waals surface area (Å²) in [7, 11) is 0. The molecule has 0 spiro atoms. The van der Waals surface area contributed by atoms with E-state index in [-0.39, 0.29) is 29.9 Å². The van der Waals surface area contributed by atoms with Crippen LogP contribution in [0.25, 0.3) is 0 Å². The van der Waals surface area contributed by atoms with E-state index >= 15 is 0 Å². The van der Waals surface area contributed by atoms with Crippen molar-refractivity contribution in [2.24, 2.45) is 17.6 Å². The summed E-state index contributed by atoms with van der Waals surface area (Å²) in [6.45, 7) is 2.40. The van der Waals surface area contributed by atoms with Crippen LogP contribution >= 0.6 is 0 Å². The van der Waals surface area contributed by atoms with Gasteiger partial charge in [0.1, 0.15) is 0 Å². The maximum absolute atomic E-state index is 12.2. The summed E-state index contributed by atoms with van der Waals surface area (Å²) < 4.78 is 0. The minimum Gasteiger partial charge on any atom is -0.393 e. The van der Waals surface area contributed by atoms with Crippen molar-refractivity contribution in [2.45, 2.75) is 44.8 Å². The summed E-state index contributed by atoms with van der Waals surface area (Å²) in [5, 5.41) is 12.9. The summed E-state index contributed by atoms with van der Waals surface area (Å²) in [5.74, 6) is -0.139. The van der Waals surface area contributed by atoms with E-state index in [0.29, 0.717) is 6.54 Å². The van der Waals surface area contributed by atoms with Crippen molar-refractivity contribution in [3.8, 4) is 0 Å². The highest BCUT2D eigenvalue weighted by Gasteiger charge is 2.26. The van der Waals surface area contributed by atoms with Gasteiger partial charge in [0, 0.05) is 18.5 Å². The van der Waals surface area contributed by atoms with E-state index in [2.05, 4.69) is 5.32 Å². The second-order valence-corrected chi connectivity index (χ2v) is 6.08. The Morgan fingerprint density at radius 2 is 2.00 bits per heavy atom. The summed E-state index contributed by atoms with van der Waals surface area (Å²) in [6.07, 6.45) is 3.77. The van der Waals surface area contributed by atoms with Crippen molar-refractivity contribution < 1.29 is 9.90 Å². The Bertz CT molecular complexity index is 449. The van der Waals surface area contributed by atoms with Crippen LogP contribution in [0.1, 0.15) is 44.2 Å². The third-order valence-corrected chi connectivity index (χ3v) is 4.54. The summed E-state index contributed by atoms with van der Waals surface area (Å²) in [6, 6.07) is 9.38. The number of nitrogens with one attached hydrogen (secondary N) is 1. The van der Waals surface area contributed by atoms with Crippen LogP contribution in [0.2, 0.25) is 0 Å². The van der Waals surface area contributed by atoms with Gasteiger partial charge >= 0.3 is 0 Å². The molecule has 116 valence electrons. The van der Waals surface area contributed by atoms with Crippen molar-refractivity contribution in [1.29, 1.82) is 0 Å². The highest BCUT2D eigenvalue weighted by atomic mass is 16.3. The largest absolute Gasteiger partial charge is 0.393 e. The standard InChI is InChI=1S/C17H26N2O2/c1-12(16(18)13-7-3-2-4-8-13)17(21)19-11-14-9-5-6-10-15(14)20/h2-4,7-8,12,14-16,20H,5-6,9-11,18H2,1H3,(H,19,21). The molecule has 4 N–H and O–H groups in total. The maximum Gasteiger partial charge on any atom is 0.224 e. The molecule has 21 heavy (non-hydrogen) atoms. The third-order valence-electron chi connectivity index (χ3n) is 4.54. The molecule has 0 radical (unpaired) electrons. The lowest BCUT2D eigenvalue weighted by Gasteiger charge is -2.28. The first-order valence-electron chi connectivity index (χ1n) is 7.86. The van der Waals surface area contributed by atoms with Gasteiger partial charge in [0.2, 0.25) is 5.91 Å². The molecule has 4 atom stereocenters. The van der Waals surface area contributed by atoms with Crippen molar-refractivity contribution >= 4 is 5.91 Å². The van der Waals surface area contributed by atoms with Crippen LogP contribution in [0, 0.1) is 11.8 Å². The zero-order chi connectivity index (χ0) is 15.2. The molecule has 1 aromatic rings. The molecule has 0 aliphatic heterocycles. The number of nitrogens with two attached hydrogens (primary N) is 1. The molecule has 1 aromatic carbocycles. The van der Waals surface area contributed by atoms with Gasteiger partial charge in [0.05, 0.1) is 12.0 Å². The highest BCUT2D eigenvalue weighted by molar-refractivity contribution is 5.79. The fourth-order valence-corrected chi connectivity index (χ4v) is 2.95. The lowest BCUT2D eigenvalue weighted by atomic mass is 9.86. The topological polar surface area (TPSA) is 75.3 Å². The van der Waals surface area contributed by atoms with Crippen LogP contribution in [-0.2, 0) is 4.79 Å². The van der Waals surface area contributed by atoms with E-state index in [1.807, 2.05) is 37.3 Å².